The molecule has 2 atom stereocenters. The van der Waals surface area contributed by atoms with E-state index in [0.29, 0.717) is 5.02 Å². The normalized spacial score (nSPS) is 17.1. The minimum atomic E-state index is -0.343. The summed E-state index contributed by atoms with van der Waals surface area (Å²) in [4.78, 5) is 0. The molecule has 84 valence electrons. The minimum absolute atomic E-state index is 0.161. The Morgan fingerprint density at radius 3 is 2.67 bits per heavy atom. The highest BCUT2D eigenvalue weighted by atomic mass is 35.5. The van der Waals surface area contributed by atoms with Crippen LogP contribution in [0.5, 0.6) is 0 Å². The molecule has 0 fully saturated rings. The smallest absolute Gasteiger partial charge is 0.0839 e. The van der Waals surface area contributed by atoms with E-state index in [1.807, 2.05) is 31.2 Å². The Balaban J connectivity index is 2.97. The quantitative estimate of drug-likeness (QED) is 0.858. The molecule has 0 amide bonds. The molecule has 1 rings (SSSR count). The van der Waals surface area contributed by atoms with Crippen molar-refractivity contribution in [2.45, 2.75) is 31.9 Å². The van der Waals surface area contributed by atoms with E-state index in [9.17, 15) is 0 Å². The predicted octanol–water partition coefficient (Wildman–Crippen LogP) is 3.15. The maximum Gasteiger partial charge on any atom is 0.0839 e. The molecular formula is C12H18ClNO. The van der Waals surface area contributed by atoms with Crippen molar-refractivity contribution in [1.29, 1.82) is 0 Å². The van der Waals surface area contributed by atoms with Crippen LogP contribution in [0.4, 0.5) is 0 Å². The molecule has 3 heteroatoms. The van der Waals surface area contributed by atoms with Gasteiger partial charge in [0.15, 0.2) is 0 Å². The maximum absolute atomic E-state index is 6.18. The number of methoxy groups -OCH3 is 1. The van der Waals surface area contributed by atoms with Gasteiger partial charge in [-0.05, 0) is 31.0 Å². The van der Waals surface area contributed by atoms with Gasteiger partial charge in [0.1, 0.15) is 0 Å². The van der Waals surface area contributed by atoms with E-state index in [1.165, 1.54) is 0 Å². The summed E-state index contributed by atoms with van der Waals surface area (Å²) in [7, 11) is 1.69. The summed E-state index contributed by atoms with van der Waals surface area (Å²) < 4.78 is 5.47. The van der Waals surface area contributed by atoms with E-state index in [1.54, 1.807) is 7.11 Å². The van der Waals surface area contributed by atoms with Crippen molar-refractivity contribution in [3.8, 4) is 0 Å². The van der Waals surface area contributed by atoms with Crippen LogP contribution in [-0.4, -0.2) is 12.7 Å². The fraction of sp³-hybridized carbons (Fsp3) is 0.500. The van der Waals surface area contributed by atoms with Crippen molar-refractivity contribution in [3.05, 3.63) is 34.9 Å². The molecule has 0 saturated heterocycles. The molecule has 0 saturated carbocycles. The Hall–Kier alpha value is -0.570. The van der Waals surface area contributed by atoms with Crippen LogP contribution in [0.3, 0.4) is 0 Å². The third kappa shape index (κ3) is 2.71. The Morgan fingerprint density at radius 1 is 1.53 bits per heavy atom. The molecule has 0 spiro atoms. The zero-order valence-corrected chi connectivity index (χ0v) is 10.2. The molecule has 0 aliphatic rings. The number of hydrogen-bond acceptors (Lipinski definition) is 2. The zero-order valence-electron chi connectivity index (χ0n) is 9.46. The van der Waals surface area contributed by atoms with E-state index in [-0.39, 0.29) is 11.6 Å². The standard InChI is InChI=1S/C12H18ClNO/c1-4-12(2,15-3)11(14)9-6-5-7-10(13)8-9/h5-8,11H,4,14H2,1-3H3. The Morgan fingerprint density at radius 2 is 2.20 bits per heavy atom. The molecule has 0 radical (unpaired) electrons. The lowest BCUT2D eigenvalue weighted by atomic mass is 9.88. The first-order valence-corrected chi connectivity index (χ1v) is 5.47. The van der Waals surface area contributed by atoms with Gasteiger partial charge in [0.2, 0.25) is 0 Å². The molecule has 0 bridgehead atoms. The van der Waals surface area contributed by atoms with Crippen molar-refractivity contribution in [2.75, 3.05) is 7.11 Å². The minimum Gasteiger partial charge on any atom is -0.377 e. The highest BCUT2D eigenvalue weighted by molar-refractivity contribution is 6.30. The second-order valence-corrected chi connectivity index (χ2v) is 4.34. The van der Waals surface area contributed by atoms with Crippen LogP contribution in [0.1, 0.15) is 31.9 Å². The molecule has 1 aromatic rings. The molecule has 0 heterocycles. The van der Waals surface area contributed by atoms with Crippen molar-refractivity contribution >= 4 is 11.6 Å². The first kappa shape index (κ1) is 12.5. The molecule has 2 unspecified atom stereocenters. The van der Waals surface area contributed by atoms with Crippen LogP contribution in [0.25, 0.3) is 0 Å². The summed E-state index contributed by atoms with van der Waals surface area (Å²) >= 11 is 5.93. The topological polar surface area (TPSA) is 35.2 Å². The first-order valence-electron chi connectivity index (χ1n) is 5.09. The van der Waals surface area contributed by atoms with Crippen LogP contribution >= 0.6 is 11.6 Å². The van der Waals surface area contributed by atoms with Crippen LogP contribution in [-0.2, 0) is 4.74 Å². The summed E-state index contributed by atoms with van der Waals surface area (Å²) in [5.41, 5.74) is 6.85. The maximum atomic E-state index is 6.18. The average molecular weight is 228 g/mol. The van der Waals surface area contributed by atoms with Gasteiger partial charge in [0.05, 0.1) is 11.6 Å². The SMILES string of the molecule is CCC(C)(OC)C(N)c1cccc(Cl)c1. The lowest BCUT2D eigenvalue weighted by Crippen LogP contribution is -2.39. The van der Waals surface area contributed by atoms with E-state index in [4.69, 9.17) is 22.1 Å². The summed E-state index contributed by atoms with van der Waals surface area (Å²) in [6.07, 6.45) is 0.858. The third-order valence-corrected chi connectivity index (χ3v) is 3.27. The number of benzene rings is 1. The summed E-state index contributed by atoms with van der Waals surface area (Å²) in [5.74, 6) is 0. The van der Waals surface area contributed by atoms with Gasteiger partial charge >= 0.3 is 0 Å². The van der Waals surface area contributed by atoms with E-state index in [2.05, 4.69) is 6.92 Å². The van der Waals surface area contributed by atoms with Gasteiger partial charge in [-0.2, -0.15) is 0 Å². The number of rotatable bonds is 4. The number of nitrogens with two attached hydrogens (primary N) is 1. The lowest BCUT2D eigenvalue weighted by molar-refractivity contribution is -0.0194. The lowest BCUT2D eigenvalue weighted by Gasteiger charge is -2.33. The van der Waals surface area contributed by atoms with Crippen LogP contribution in [0.2, 0.25) is 5.02 Å². The average Bonchev–Trinajstić information content (AvgIpc) is 2.27. The van der Waals surface area contributed by atoms with Crippen LogP contribution in [0, 0.1) is 0 Å². The highest BCUT2D eigenvalue weighted by Gasteiger charge is 2.30. The van der Waals surface area contributed by atoms with Gasteiger partial charge in [-0.3, -0.25) is 0 Å². The largest absolute Gasteiger partial charge is 0.377 e. The Labute approximate surface area is 96.4 Å². The zero-order chi connectivity index (χ0) is 11.5. The van der Waals surface area contributed by atoms with Crippen LogP contribution in [0.15, 0.2) is 24.3 Å². The highest BCUT2D eigenvalue weighted by Crippen LogP contribution is 2.30. The number of hydrogen-bond donors (Lipinski definition) is 1. The molecule has 1 aromatic carbocycles. The van der Waals surface area contributed by atoms with Gasteiger partial charge < -0.3 is 10.5 Å². The Bertz CT molecular complexity index is 323. The monoisotopic (exact) mass is 227 g/mol. The second kappa shape index (κ2) is 4.97. The molecule has 2 nitrogen and oxygen atoms in total. The summed E-state index contributed by atoms with van der Waals surface area (Å²) in [6.45, 7) is 4.08. The van der Waals surface area contributed by atoms with Crippen molar-refractivity contribution in [2.24, 2.45) is 5.73 Å². The van der Waals surface area contributed by atoms with E-state index < -0.39 is 0 Å². The molecule has 15 heavy (non-hydrogen) atoms. The second-order valence-electron chi connectivity index (χ2n) is 3.90. The van der Waals surface area contributed by atoms with Crippen molar-refractivity contribution in [3.63, 3.8) is 0 Å². The Kier molecular flexibility index (Phi) is 4.14. The fourth-order valence-electron chi connectivity index (χ4n) is 1.54. The van der Waals surface area contributed by atoms with Crippen molar-refractivity contribution in [1.82, 2.24) is 0 Å². The van der Waals surface area contributed by atoms with Crippen molar-refractivity contribution < 1.29 is 4.74 Å². The van der Waals surface area contributed by atoms with Gasteiger partial charge in [-0.15, -0.1) is 0 Å². The fourth-order valence-corrected chi connectivity index (χ4v) is 1.74. The number of ether oxygens (including phenoxy) is 1. The third-order valence-electron chi connectivity index (χ3n) is 3.03. The van der Waals surface area contributed by atoms with Gasteiger partial charge in [-0.1, -0.05) is 30.7 Å². The molecule has 2 N–H and O–H groups in total. The van der Waals surface area contributed by atoms with Crippen LogP contribution < -0.4 is 5.73 Å². The first-order chi connectivity index (χ1) is 7.03. The van der Waals surface area contributed by atoms with E-state index in [0.717, 1.165) is 12.0 Å². The molecular weight excluding hydrogens is 210 g/mol. The molecule has 0 aromatic heterocycles. The van der Waals surface area contributed by atoms with E-state index >= 15 is 0 Å². The van der Waals surface area contributed by atoms with Gasteiger partial charge in [0, 0.05) is 12.1 Å². The summed E-state index contributed by atoms with van der Waals surface area (Å²) in [6, 6.07) is 7.45. The summed E-state index contributed by atoms with van der Waals surface area (Å²) in [5, 5.41) is 0.706. The number of halogens is 1. The molecule has 0 aliphatic carbocycles. The predicted molar refractivity (Wildman–Crippen MR) is 64.1 cm³/mol. The van der Waals surface area contributed by atoms with Gasteiger partial charge in [0.25, 0.3) is 0 Å². The van der Waals surface area contributed by atoms with Gasteiger partial charge in [-0.25, -0.2) is 0 Å². The molecule has 0 aliphatic heterocycles.